The van der Waals surface area contributed by atoms with Gasteiger partial charge in [-0.15, -0.1) is 0 Å². The van der Waals surface area contributed by atoms with Gasteiger partial charge >= 0.3 is 6.29 Å². The molecule has 0 saturated carbocycles. The molecule has 0 aliphatic heterocycles. The Kier molecular flexibility index (Phi) is 2.38. The summed E-state index contributed by atoms with van der Waals surface area (Å²) in [6, 6.07) is 8.43. The highest BCUT2D eigenvalue weighted by atomic mass is 17.1. The molecule has 0 aromatic heterocycles. The van der Waals surface area contributed by atoms with Crippen LogP contribution in [0.4, 0.5) is 0 Å². The summed E-state index contributed by atoms with van der Waals surface area (Å²) in [5, 5.41) is 9.54. The molecule has 0 spiro atoms. The number of aldehydes is 1. The maximum absolute atomic E-state index is 10.9. The van der Waals surface area contributed by atoms with E-state index in [4.69, 9.17) is 0 Å². The maximum atomic E-state index is 10.9. The molecule has 0 fully saturated rings. The number of Topliss-reactive ketones (excluding diaryl/α,β-unsaturated/α-hetero) is 1. The van der Waals surface area contributed by atoms with Crippen molar-refractivity contribution in [3.8, 4) is 0 Å². The minimum atomic E-state index is -0.416. The Balaban J connectivity index is 2.86. The summed E-state index contributed by atoms with van der Waals surface area (Å²) in [5.74, 6) is -0.416. The van der Waals surface area contributed by atoms with Gasteiger partial charge in [0, 0.05) is 5.56 Å². The first-order valence-electron chi connectivity index (χ1n) is 3.06. The lowest BCUT2D eigenvalue weighted by Crippen LogP contribution is -2.06. The number of hydrogen-bond donors (Lipinski definition) is 0. The molecule has 0 aliphatic carbocycles. The van der Waals surface area contributed by atoms with Gasteiger partial charge in [0.05, 0.1) is 0 Å². The van der Waals surface area contributed by atoms with Crippen molar-refractivity contribution >= 4 is 12.1 Å². The predicted molar refractivity (Wildman–Crippen MR) is 36.8 cm³/mol. The van der Waals surface area contributed by atoms with Crippen LogP contribution in [0.2, 0.25) is 0 Å². The van der Waals surface area contributed by atoms with E-state index in [0.29, 0.717) is 11.8 Å². The molecule has 0 N–H and O–H groups in total. The van der Waals surface area contributed by atoms with Gasteiger partial charge < -0.3 is 5.26 Å². The molecule has 0 atom stereocenters. The van der Waals surface area contributed by atoms with E-state index in [9.17, 15) is 10.1 Å². The SMILES string of the molecule is O=C(C=[O+][O-])c1ccccc1. The third-order valence-electron chi connectivity index (χ3n) is 1.21. The number of hydrogen-bond acceptors (Lipinski definition) is 2. The second-order valence-electron chi connectivity index (χ2n) is 1.94. The first-order chi connectivity index (χ1) is 5.34. The van der Waals surface area contributed by atoms with Crippen molar-refractivity contribution in [2.24, 2.45) is 0 Å². The molecule has 0 heterocycles. The quantitative estimate of drug-likeness (QED) is 0.147. The summed E-state index contributed by atoms with van der Waals surface area (Å²) in [6.45, 7) is 0. The van der Waals surface area contributed by atoms with Crippen LogP contribution in [0.15, 0.2) is 30.3 Å². The van der Waals surface area contributed by atoms with Crippen molar-refractivity contribution < 1.29 is 14.6 Å². The second kappa shape index (κ2) is 3.51. The van der Waals surface area contributed by atoms with Gasteiger partial charge in [-0.05, 0) is 0 Å². The minimum absolute atomic E-state index is 0.416. The molecule has 1 rings (SSSR count). The predicted octanol–water partition coefficient (Wildman–Crippen LogP) is -0.121. The zero-order valence-corrected chi connectivity index (χ0v) is 5.69. The lowest BCUT2D eigenvalue weighted by atomic mass is 10.1. The highest BCUT2D eigenvalue weighted by Crippen LogP contribution is 1.96. The number of carbonyl (C=O) groups is 1. The van der Waals surface area contributed by atoms with E-state index in [2.05, 4.69) is 4.58 Å². The fourth-order valence-electron chi connectivity index (χ4n) is 0.714. The molecular weight excluding hydrogens is 144 g/mol. The van der Waals surface area contributed by atoms with Gasteiger partial charge in [-0.3, -0.25) is 4.79 Å². The first-order valence-corrected chi connectivity index (χ1v) is 3.06. The van der Waals surface area contributed by atoms with Gasteiger partial charge in [0.1, 0.15) is 0 Å². The Morgan fingerprint density at radius 1 is 1.36 bits per heavy atom. The van der Waals surface area contributed by atoms with Gasteiger partial charge in [-0.1, -0.05) is 30.3 Å². The minimum Gasteiger partial charge on any atom is -0.463 e. The molecule has 0 unspecified atom stereocenters. The van der Waals surface area contributed by atoms with Gasteiger partial charge in [-0.2, -0.15) is 4.58 Å². The third-order valence-corrected chi connectivity index (χ3v) is 1.21. The lowest BCUT2D eigenvalue weighted by molar-refractivity contribution is -1.04. The van der Waals surface area contributed by atoms with Crippen LogP contribution in [0.5, 0.6) is 0 Å². The molecule has 1 aromatic carbocycles. The van der Waals surface area contributed by atoms with Crippen molar-refractivity contribution in [3.63, 3.8) is 0 Å². The first kappa shape index (κ1) is 7.47. The van der Waals surface area contributed by atoms with E-state index in [1.165, 1.54) is 0 Å². The maximum Gasteiger partial charge on any atom is 0.389 e. The fraction of sp³-hybridized carbons (Fsp3) is 0. The van der Waals surface area contributed by atoms with Gasteiger partial charge in [0.2, 0.25) is 0 Å². The summed E-state index contributed by atoms with van der Waals surface area (Å²) < 4.78 is 3.33. The van der Waals surface area contributed by atoms with Crippen LogP contribution in [0.1, 0.15) is 10.4 Å². The molecule has 3 nitrogen and oxygen atoms in total. The van der Waals surface area contributed by atoms with E-state index >= 15 is 0 Å². The van der Waals surface area contributed by atoms with Crippen molar-refractivity contribution in [1.29, 1.82) is 0 Å². The Hall–Kier alpha value is -1.64. The Morgan fingerprint density at radius 3 is 2.55 bits per heavy atom. The molecule has 0 amide bonds. The van der Waals surface area contributed by atoms with Crippen LogP contribution < -0.4 is 5.26 Å². The van der Waals surface area contributed by atoms with Crippen molar-refractivity contribution in [3.05, 3.63) is 35.9 Å². The van der Waals surface area contributed by atoms with Crippen LogP contribution in [0.3, 0.4) is 0 Å². The lowest BCUT2D eigenvalue weighted by Gasteiger charge is -1.87. The standard InChI is InChI=1S/C8H6O3/c9-8(6-11-10)7-4-2-1-3-5-7/h1-6H. The molecule has 11 heavy (non-hydrogen) atoms. The molecule has 0 saturated heterocycles. The van der Waals surface area contributed by atoms with E-state index in [1.54, 1.807) is 30.3 Å². The van der Waals surface area contributed by atoms with Crippen LogP contribution in [-0.2, 0) is 4.58 Å². The molecule has 0 aliphatic rings. The Labute approximate surface area is 63.5 Å². The van der Waals surface area contributed by atoms with Crippen LogP contribution >= 0.6 is 0 Å². The number of carbonyl (C=O) groups excluding carboxylic acids is 2. The molecule has 0 radical (unpaired) electrons. The van der Waals surface area contributed by atoms with E-state index in [1.807, 2.05) is 0 Å². The third kappa shape index (κ3) is 1.89. The molecule has 1 aromatic rings. The largest absolute Gasteiger partial charge is 0.463 e. The summed E-state index contributed by atoms with van der Waals surface area (Å²) in [4.78, 5) is 10.9. The molecular formula is C8H6O3. The molecule has 0 bridgehead atoms. The van der Waals surface area contributed by atoms with Crippen LogP contribution in [0.25, 0.3) is 0 Å². The van der Waals surface area contributed by atoms with Gasteiger partial charge in [0.25, 0.3) is 5.78 Å². The van der Waals surface area contributed by atoms with Crippen molar-refractivity contribution in [1.82, 2.24) is 0 Å². The highest BCUT2D eigenvalue weighted by Gasteiger charge is 2.05. The summed E-state index contributed by atoms with van der Waals surface area (Å²) in [6.07, 6.45) is 0.634. The van der Waals surface area contributed by atoms with E-state index < -0.39 is 5.78 Å². The summed E-state index contributed by atoms with van der Waals surface area (Å²) in [5.41, 5.74) is 0.448. The van der Waals surface area contributed by atoms with E-state index in [0.717, 1.165) is 0 Å². The zero-order chi connectivity index (χ0) is 8.10. The summed E-state index contributed by atoms with van der Waals surface area (Å²) in [7, 11) is 0. The highest BCUT2D eigenvalue weighted by molar-refractivity contribution is 6.33. The number of ketones is 1. The van der Waals surface area contributed by atoms with E-state index in [-0.39, 0.29) is 0 Å². The van der Waals surface area contributed by atoms with Crippen LogP contribution in [-0.4, -0.2) is 12.1 Å². The normalized spacial score (nSPS) is 10.2. The fourth-order valence-corrected chi connectivity index (χ4v) is 0.714. The average molecular weight is 150 g/mol. The Bertz CT molecular complexity index is 264. The number of benzene rings is 1. The number of rotatable bonds is 2. The summed E-state index contributed by atoms with van der Waals surface area (Å²) >= 11 is 0. The van der Waals surface area contributed by atoms with Crippen molar-refractivity contribution in [2.45, 2.75) is 0 Å². The smallest absolute Gasteiger partial charge is 0.389 e. The van der Waals surface area contributed by atoms with Gasteiger partial charge in [-0.25, -0.2) is 0 Å². The van der Waals surface area contributed by atoms with Crippen molar-refractivity contribution in [2.75, 3.05) is 0 Å². The molecule has 56 valence electrons. The zero-order valence-electron chi connectivity index (χ0n) is 5.69. The van der Waals surface area contributed by atoms with Gasteiger partial charge in [0.15, 0.2) is 0 Å². The van der Waals surface area contributed by atoms with Crippen LogP contribution in [0, 0.1) is 0 Å². The second-order valence-corrected chi connectivity index (χ2v) is 1.94. The topological polar surface area (TPSA) is 51.4 Å². The monoisotopic (exact) mass is 150 g/mol. The Morgan fingerprint density at radius 2 is 2.00 bits per heavy atom. The average Bonchev–Trinajstić information content (AvgIpc) is 2.07. The molecule has 3 heteroatoms.